The molecule has 0 amide bonds. The van der Waals surface area contributed by atoms with Crippen LogP contribution in [0, 0.1) is 6.92 Å². The Morgan fingerprint density at radius 3 is 2.38 bits per heavy atom. The number of thiophene rings is 1. The maximum absolute atomic E-state index is 4.25. The summed E-state index contributed by atoms with van der Waals surface area (Å²) >= 11 is 1.81. The van der Waals surface area contributed by atoms with E-state index in [0.29, 0.717) is 0 Å². The average Bonchev–Trinajstić information content (AvgIpc) is 2.50. The summed E-state index contributed by atoms with van der Waals surface area (Å²) in [5.41, 5.74) is 1.39. The van der Waals surface area contributed by atoms with E-state index < -0.39 is 0 Å². The van der Waals surface area contributed by atoms with Gasteiger partial charge in [0.1, 0.15) is 0 Å². The Balaban J connectivity index is 0.000000251. The van der Waals surface area contributed by atoms with E-state index in [2.05, 4.69) is 41.3 Å². The fourth-order valence-electron chi connectivity index (χ4n) is 1.11. The summed E-state index contributed by atoms with van der Waals surface area (Å²) in [4.78, 5) is 0. The van der Waals surface area contributed by atoms with Gasteiger partial charge in [-0.2, -0.15) is 0 Å². The highest BCUT2D eigenvalue weighted by molar-refractivity contribution is 7.17. The quantitative estimate of drug-likeness (QED) is 0.624. The molecule has 0 saturated heterocycles. The molecule has 70 valence electrons. The number of hydrogen-bond donors (Lipinski definition) is 0. The Bertz CT molecular complexity index is 365. The van der Waals surface area contributed by atoms with Gasteiger partial charge in [0, 0.05) is 18.9 Å². The number of rotatable bonds is 0. The normalized spacial score (nSPS) is 9.46. The zero-order chi connectivity index (χ0) is 9.68. The zero-order valence-electron chi connectivity index (χ0n) is 8.20. The fraction of sp³-hybridized carbons (Fsp3) is 0.273. The third kappa shape index (κ3) is 2.54. The second-order valence-corrected chi connectivity index (χ2v) is 3.73. The lowest BCUT2D eigenvalue weighted by Gasteiger charge is -1.86. The van der Waals surface area contributed by atoms with E-state index in [-0.39, 0.29) is 0 Å². The maximum atomic E-state index is 4.25. The van der Waals surface area contributed by atoms with E-state index in [9.17, 15) is 0 Å². The minimum atomic E-state index is 1.39. The lowest BCUT2D eigenvalue weighted by molar-refractivity contribution is 0.277. The van der Waals surface area contributed by atoms with Crippen molar-refractivity contribution in [3.05, 3.63) is 35.2 Å². The largest absolute Gasteiger partial charge is 0.388 e. The number of hydrogen-bond acceptors (Lipinski definition) is 2. The van der Waals surface area contributed by atoms with Crippen LogP contribution in [0.4, 0.5) is 0 Å². The second-order valence-electron chi connectivity index (χ2n) is 2.82. The molecule has 0 spiro atoms. The molecule has 0 atom stereocenters. The second kappa shape index (κ2) is 5.00. The molecule has 0 fully saturated rings. The van der Waals surface area contributed by atoms with Gasteiger partial charge in [0.25, 0.3) is 0 Å². The molecule has 1 aromatic heterocycles. The van der Waals surface area contributed by atoms with Crippen molar-refractivity contribution in [2.45, 2.75) is 6.92 Å². The van der Waals surface area contributed by atoms with Crippen LogP contribution in [0.25, 0.3) is 10.1 Å². The number of fused-ring (bicyclic) bond motifs is 1. The molecule has 0 aliphatic heterocycles. The highest BCUT2D eigenvalue weighted by Crippen LogP contribution is 2.24. The lowest BCUT2D eigenvalue weighted by atomic mass is 10.2. The summed E-state index contributed by atoms with van der Waals surface area (Å²) < 4.78 is 5.64. The molecule has 0 aliphatic carbocycles. The van der Waals surface area contributed by atoms with Crippen LogP contribution >= 0.6 is 11.3 Å². The van der Waals surface area contributed by atoms with Gasteiger partial charge in [-0.1, -0.05) is 18.2 Å². The van der Waals surface area contributed by atoms with E-state index in [0.717, 1.165) is 0 Å². The van der Waals surface area contributed by atoms with Crippen LogP contribution in [0.15, 0.2) is 29.6 Å². The van der Waals surface area contributed by atoms with E-state index in [1.54, 1.807) is 14.2 Å². The summed E-state index contributed by atoms with van der Waals surface area (Å²) in [6.45, 7) is 2.15. The van der Waals surface area contributed by atoms with Crippen molar-refractivity contribution in [3.63, 3.8) is 0 Å². The van der Waals surface area contributed by atoms with E-state index >= 15 is 0 Å². The van der Waals surface area contributed by atoms with E-state index in [1.807, 2.05) is 11.3 Å². The van der Waals surface area contributed by atoms with Crippen LogP contribution in [0.5, 0.6) is 0 Å². The van der Waals surface area contributed by atoms with Gasteiger partial charge in [-0.05, 0) is 29.3 Å². The third-order valence-electron chi connectivity index (χ3n) is 1.67. The van der Waals surface area contributed by atoms with Crippen LogP contribution in [0.1, 0.15) is 5.56 Å². The van der Waals surface area contributed by atoms with Crippen LogP contribution in [-0.4, -0.2) is 14.2 Å². The molecule has 2 heteroatoms. The predicted octanol–water partition coefficient (Wildman–Crippen LogP) is 3.47. The highest BCUT2D eigenvalue weighted by Gasteiger charge is 1.95. The smallest absolute Gasteiger partial charge is 0.0351 e. The van der Waals surface area contributed by atoms with Crippen molar-refractivity contribution >= 4 is 21.4 Å². The highest BCUT2D eigenvalue weighted by atomic mass is 32.1. The summed E-state index contributed by atoms with van der Waals surface area (Å²) in [5.74, 6) is 0. The van der Waals surface area contributed by atoms with Gasteiger partial charge in [0.05, 0.1) is 0 Å². The molecule has 1 heterocycles. The fourth-order valence-corrected chi connectivity index (χ4v) is 2.05. The molecule has 2 aromatic rings. The molecule has 0 N–H and O–H groups in total. The van der Waals surface area contributed by atoms with E-state index in [1.165, 1.54) is 15.6 Å². The zero-order valence-corrected chi connectivity index (χ0v) is 9.02. The molecule has 2 rings (SSSR count). The Labute approximate surface area is 83.0 Å². The van der Waals surface area contributed by atoms with Gasteiger partial charge in [0.15, 0.2) is 0 Å². The number of ether oxygens (including phenoxy) is 1. The van der Waals surface area contributed by atoms with Gasteiger partial charge < -0.3 is 4.74 Å². The molecule has 0 saturated carbocycles. The Hall–Kier alpha value is -0.860. The van der Waals surface area contributed by atoms with Crippen molar-refractivity contribution in [1.29, 1.82) is 0 Å². The third-order valence-corrected chi connectivity index (χ3v) is 2.76. The van der Waals surface area contributed by atoms with Crippen molar-refractivity contribution in [3.8, 4) is 0 Å². The van der Waals surface area contributed by atoms with Crippen LogP contribution < -0.4 is 0 Å². The summed E-state index contributed by atoms with van der Waals surface area (Å²) in [6, 6.07) is 8.49. The first kappa shape index (κ1) is 10.2. The molecule has 0 radical (unpaired) electrons. The summed E-state index contributed by atoms with van der Waals surface area (Å²) in [7, 11) is 3.25. The molecule has 1 nitrogen and oxygen atoms in total. The number of aryl methyl sites for hydroxylation is 1. The Morgan fingerprint density at radius 2 is 1.77 bits per heavy atom. The molecule has 0 unspecified atom stereocenters. The molecular weight excluding hydrogens is 180 g/mol. The minimum absolute atomic E-state index is 1.39. The van der Waals surface area contributed by atoms with Crippen LogP contribution in [-0.2, 0) is 4.74 Å². The Kier molecular flexibility index (Phi) is 3.93. The number of benzene rings is 1. The lowest BCUT2D eigenvalue weighted by Crippen LogP contribution is -1.63. The van der Waals surface area contributed by atoms with Crippen LogP contribution in [0.2, 0.25) is 0 Å². The molecule has 13 heavy (non-hydrogen) atoms. The SMILES string of the molecule is COC.Cc1csc2ccccc12. The van der Waals surface area contributed by atoms with Crippen molar-refractivity contribution in [2.24, 2.45) is 0 Å². The first-order valence-corrected chi connectivity index (χ1v) is 5.00. The summed E-state index contributed by atoms with van der Waals surface area (Å²) in [6.07, 6.45) is 0. The minimum Gasteiger partial charge on any atom is -0.388 e. The van der Waals surface area contributed by atoms with Gasteiger partial charge >= 0.3 is 0 Å². The molecule has 1 aromatic carbocycles. The average molecular weight is 194 g/mol. The van der Waals surface area contributed by atoms with Gasteiger partial charge in [0.2, 0.25) is 0 Å². The van der Waals surface area contributed by atoms with Crippen molar-refractivity contribution in [1.82, 2.24) is 0 Å². The van der Waals surface area contributed by atoms with Gasteiger partial charge in [-0.25, -0.2) is 0 Å². The molecule has 0 aliphatic rings. The molecule has 0 bridgehead atoms. The first-order chi connectivity index (χ1) is 6.29. The van der Waals surface area contributed by atoms with Crippen molar-refractivity contribution < 1.29 is 4.74 Å². The number of methoxy groups -OCH3 is 1. The standard InChI is InChI=1S/C9H8S.C2H6O/c1-7-6-10-9-5-3-2-4-8(7)9;1-3-2/h2-6H,1H3;1-2H3. The van der Waals surface area contributed by atoms with Gasteiger partial charge in [-0.15, -0.1) is 11.3 Å². The predicted molar refractivity (Wildman–Crippen MR) is 59.5 cm³/mol. The van der Waals surface area contributed by atoms with E-state index in [4.69, 9.17) is 0 Å². The molecular formula is C11H14OS. The van der Waals surface area contributed by atoms with Crippen molar-refractivity contribution in [2.75, 3.05) is 14.2 Å². The van der Waals surface area contributed by atoms with Crippen LogP contribution in [0.3, 0.4) is 0 Å². The summed E-state index contributed by atoms with van der Waals surface area (Å²) in [5, 5.41) is 3.59. The Morgan fingerprint density at radius 1 is 1.15 bits per heavy atom. The first-order valence-electron chi connectivity index (χ1n) is 4.12. The topological polar surface area (TPSA) is 9.23 Å². The van der Waals surface area contributed by atoms with Gasteiger partial charge in [-0.3, -0.25) is 0 Å². The maximum Gasteiger partial charge on any atom is 0.0351 e. The monoisotopic (exact) mass is 194 g/mol.